The van der Waals surface area contributed by atoms with Crippen LogP contribution in [0.2, 0.25) is 0 Å². The largest absolute Gasteiger partial charge is 0.469 e. The molecule has 0 spiro atoms. The number of guanidine groups is 1. The zero-order chi connectivity index (χ0) is 16.8. The molecule has 6 heteroatoms. The Kier molecular flexibility index (Phi) is 5.96. The van der Waals surface area contributed by atoms with Gasteiger partial charge in [-0.15, -0.1) is 0 Å². The second-order valence-electron chi connectivity index (χ2n) is 5.95. The monoisotopic (exact) mass is 318 g/mol. The molecule has 1 fully saturated rings. The van der Waals surface area contributed by atoms with E-state index in [9.17, 15) is 4.79 Å². The maximum atomic E-state index is 11.9. The van der Waals surface area contributed by atoms with E-state index in [0.29, 0.717) is 13.1 Å². The van der Waals surface area contributed by atoms with Gasteiger partial charge in [-0.1, -0.05) is 13.0 Å². The van der Waals surface area contributed by atoms with Crippen LogP contribution in [0.1, 0.15) is 25.1 Å². The van der Waals surface area contributed by atoms with Gasteiger partial charge in [-0.3, -0.25) is 9.78 Å². The van der Waals surface area contributed by atoms with Crippen LogP contribution in [-0.4, -0.2) is 48.6 Å². The molecule has 1 aromatic rings. The van der Waals surface area contributed by atoms with Gasteiger partial charge in [0, 0.05) is 25.8 Å². The molecule has 1 N–H and O–H groups in total. The Morgan fingerprint density at radius 3 is 2.96 bits per heavy atom. The van der Waals surface area contributed by atoms with E-state index in [-0.39, 0.29) is 17.8 Å². The molecule has 126 valence electrons. The number of likely N-dealkylation sites (tertiary alicyclic amines) is 1. The third kappa shape index (κ3) is 4.21. The lowest BCUT2D eigenvalue weighted by molar-refractivity contribution is -0.145. The second-order valence-corrected chi connectivity index (χ2v) is 5.95. The molecule has 0 bridgehead atoms. The summed E-state index contributed by atoms with van der Waals surface area (Å²) in [5, 5.41) is 3.31. The lowest BCUT2D eigenvalue weighted by atomic mass is 9.99. The molecule has 1 aliphatic rings. The Morgan fingerprint density at radius 2 is 2.30 bits per heavy atom. The third-order valence-electron chi connectivity index (χ3n) is 4.25. The topological polar surface area (TPSA) is 66.8 Å². The zero-order valence-corrected chi connectivity index (χ0v) is 14.4. The van der Waals surface area contributed by atoms with Crippen molar-refractivity contribution >= 4 is 11.9 Å². The van der Waals surface area contributed by atoms with E-state index in [1.54, 1.807) is 6.20 Å². The highest BCUT2D eigenvalue weighted by molar-refractivity contribution is 5.82. The van der Waals surface area contributed by atoms with Gasteiger partial charge in [0.2, 0.25) is 0 Å². The highest BCUT2D eigenvalue weighted by atomic mass is 16.5. The third-order valence-corrected chi connectivity index (χ3v) is 4.25. The lowest BCUT2D eigenvalue weighted by Crippen LogP contribution is -2.40. The van der Waals surface area contributed by atoms with Gasteiger partial charge < -0.3 is 15.0 Å². The number of methoxy groups -OCH3 is 1. The van der Waals surface area contributed by atoms with Gasteiger partial charge in [0.1, 0.15) is 0 Å². The summed E-state index contributed by atoms with van der Waals surface area (Å²) in [5.74, 6) is 0.843. The summed E-state index contributed by atoms with van der Waals surface area (Å²) >= 11 is 0. The van der Waals surface area contributed by atoms with Crippen LogP contribution in [0, 0.1) is 18.8 Å². The molecule has 0 aromatic carbocycles. The van der Waals surface area contributed by atoms with Crippen molar-refractivity contribution < 1.29 is 9.53 Å². The van der Waals surface area contributed by atoms with Crippen molar-refractivity contribution in [2.45, 2.75) is 27.3 Å². The Balaban J connectivity index is 2.11. The predicted octanol–water partition coefficient (Wildman–Crippen LogP) is 1.60. The van der Waals surface area contributed by atoms with Gasteiger partial charge in [-0.25, -0.2) is 4.99 Å². The number of hydrogen-bond donors (Lipinski definition) is 1. The number of nitrogens with one attached hydrogen (secondary N) is 1. The Hall–Kier alpha value is -2.11. The quantitative estimate of drug-likeness (QED) is 0.519. The molecule has 0 saturated carbocycles. The molecular formula is C17H26N4O2. The minimum Gasteiger partial charge on any atom is -0.469 e. The highest BCUT2D eigenvalue weighted by Gasteiger charge is 2.36. The first-order chi connectivity index (χ1) is 11.1. The maximum Gasteiger partial charge on any atom is 0.310 e. The summed E-state index contributed by atoms with van der Waals surface area (Å²) < 4.78 is 4.90. The first-order valence-corrected chi connectivity index (χ1v) is 8.08. The molecule has 2 unspecified atom stereocenters. The molecule has 0 amide bonds. The number of carbonyl (C=O) groups excluding carboxylic acids is 1. The van der Waals surface area contributed by atoms with Crippen LogP contribution in [0.15, 0.2) is 23.3 Å². The van der Waals surface area contributed by atoms with Crippen LogP contribution >= 0.6 is 0 Å². The van der Waals surface area contributed by atoms with E-state index in [4.69, 9.17) is 9.73 Å². The van der Waals surface area contributed by atoms with E-state index in [1.165, 1.54) is 7.11 Å². The Labute approximate surface area is 138 Å². The van der Waals surface area contributed by atoms with Gasteiger partial charge in [0.15, 0.2) is 5.96 Å². The molecule has 2 heterocycles. The van der Waals surface area contributed by atoms with Crippen molar-refractivity contribution in [2.24, 2.45) is 16.8 Å². The van der Waals surface area contributed by atoms with Gasteiger partial charge in [0.05, 0.1) is 25.3 Å². The predicted molar refractivity (Wildman–Crippen MR) is 90.0 cm³/mol. The molecule has 0 radical (unpaired) electrons. The number of pyridine rings is 1. The number of hydrogen-bond acceptors (Lipinski definition) is 4. The van der Waals surface area contributed by atoms with Crippen LogP contribution in [0.3, 0.4) is 0 Å². The average molecular weight is 318 g/mol. The number of aromatic nitrogens is 1. The van der Waals surface area contributed by atoms with Crippen LogP contribution in [-0.2, 0) is 16.1 Å². The van der Waals surface area contributed by atoms with Crippen molar-refractivity contribution in [3.63, 3.8) is 0 Å². The molecule has 0 aliphatic carbocycles. The van der Waals surface area contributed by atoms with E-state index in [0.717, 1.165) is 30.3 Å². The Morgan fingerprint density at radius 1 is 1.52 bits per heavy atom. The van der Waals surface area contributed by atoms with Crippen LogP contribution < -0.4 is 5.32 Å². The van der Waals surface area contributed by atoms with Crippen molar-refractivity contribution in [2.75, 3.05) is 26.7 Å². The Bertz CT molecular complexity index is 573. The minimum atomic E-state index is -0.142. The molecule has 2 rings (SSSR count). The van der Waals surface area contributed by atoms with E-state index < -0.39 is 0 Å². The van der Waals surface area contributed by atoms with Crippen LogP contribution in [0.25, 0.3) is 0 Å². The fourth-order valence-corrected chi connectivity index (χ4v) is 2.86. The van der Waals surface area contributed by atoms with Crippen molar-refractivity contribution in [3.05, 3.63) is 29.6 Å². The fourth-order valence-electron chi connectivity index (χ4n) is 2.86. The van der Waals surface area contributed by atoms with Gasteiger partial charge in [-0.05, 0) is 31.4 Å². The molecule has 1 aromatic heterocycles. The van der Waals surface area contributed by atoms with Crippen LogP contribution in [0.4, 0.5) is 0 Å². The maximum absolute atomic E-state index is 11.9. The number of ether oxygens (including phenoxy) is 1. The van der Waals surface area contributed by atoms with Crippen molar-refractivity contribution in [1.29, 1.82) is 0 Å². The van der Waals surface area contributed by atoms with Crippen molar-refractivity contribution in [1.82, 2.24) is 15.2 Å². The van der Waals surface area contributed by atoms with Gasteiger partial charge in [-0.2, -0.15) is 0 Å². The number of carbonyl (C=O) groups is 1. The number of aliphatic imine (C=N–C) groups is 1. The molecule has 2 atom stereocenters. The fraction of sp³-hybridized carbons (Fsp3) is 0.588. The van der Waals surface area contributed by atoms with E-state index in [1.807, 2.05) is 26.0 Å². The summed E-state index contributed by atoms with van der Waals surface area (Å²) in [6, 6.07) is 3.97. The standard InChI is InChI=1S/C17H26N4O2/c1-5-18-17(20-9-15-12(2)7-6-8-19-15)21-10-13(3)14(11-21)16(22)23-4/h6-8,13-14H,5,9-11H2,1-4H3,(H,18,20). The van der Waals surface area contributed by atoms with E-state index >= 15 is 0 Å². The molecule has 23 heavy (non-hydrogen) atoms. The molecular weight excluding hydrogens is 292 g/mol. The minimum absolute atomic E-state index is 0.0968. The molecule has 1 saturated heterocycles. The highest BCUT2D eigenvalue weighted by Crippen LogP contribution is 2.24. The van der Waals surface area contributed by atoms with Gasteiger partial charge in [0.25, 0.3) is 0 Å². The van der Waals surface area contributed by atoms with Gasteiger partial charge >= 0.3 is 5.97 Å². The molecule has 6 nitrogen and oxygen atoms in total. The first kappa shape index (κ1) is 17.2. The summed E-state index contributed by atoms with van der Waals surface area (Å²) in [4.78, 5) is 23.1. The number of esters is 1. The van der Waals surface area contributed by atoms with Crippen LogP contribution in [0.5, 0.6) is 0 Å². The summed E-state index contributed by atoms with van der Waals surface area (Å²) in [7, 11) is 1.45. The summed E-state index contributed by atoms with van der Waals surface area (Å²) in [6.07, 6.45) is 1.79. The zero-order valence-electron chi connectivity index (χ0n) is 14.4. The number of nitrogens with zero attached hydrogens (tertiary/aromatic N) is 3. The normalized spacial score (nSPS) is 21.4. The summed E-state index contributed by atoms with van der Waals surface area (Å²) in [5.41, 5.74) is 2.11. The second kappa shape index (κ2) is 7.94. The average Bonchev–Trinajstić information content (AvgIpc) is 2.93. The van der Waals surface area contributed by atoms with Crippen molar-refractivity contribution in [3.8, 4) is 0 Å². The summed E-state index contributed by atoms with van der Waals surface area (Å²) in [6.45, 7) is 8.91. The first-order valence-electron chi connectivity index (χ1n) is 8.08. The SMILES string of the molecule is CCNC(=NCc1ncccc1C)N1CC(C)C(C(=O)OC)C1. The lowest BCUT2D eigenvalue weighted by Gasteiger charge is -2.21. The molecule has 1 aliphatic heterocycles. The van der Waals surface area contributed by atoms with E-state index in [2.05, 4.69) is 22.1 Å². The number of aryl methyl sites for hydroxylation is 1. The smallest absolute Gasteiger partial charge is 0.310 e. The number of rotatable bonds is 4.